The van der Waals surface area contributed by atoms with Crippen LogP contribution in [-0.4, -0.2) is 73.2 Å². The van der Waals surface area contributed by atoms with Crippen molar-refractivity contribution in [1.29, 1.82) is 0 Å². The monoisotopic (exact) mass is 341 g/mol. The van der Waals surface area contributed by atoms with E-state index in [1.54, 1.807) is 4.90 Å². The Bertz CT molecular complexity index is 451. The van der Waals surface area contributed by atoms with E-state index in [0.717, 1.165) is 32.4 Å². The highest BCUT2D eigenvalue weighted by atomic mass is 16.5. The van der Waals surface area contributed by atoms with E-state index in [-0.39, 0.29) is 31.3 Å². The summed E-state index contributed by atoms with van der Waals surface area (Å²) in [7, 11) is 0. The van der Waals surface area contributed by atoms with Crippen molar-refractivity contribution in [2.75, 3.05) is 39.3 Å². The second kappa shape index (κ2) is 9.58. The average molecular weight is 341 g/mol. The van der Waals surface area contributed by atoms with Gasteiger partial charge in [0.15, 0.2) is 6.10 Å². The minimum absolute atomic E-state index is 0.0672. The number of nitrogens with zero attached hydrogens (tertiary/aromatic N) is 1. The van der Waals surface area contributed by atoms with Gasteiger partial charge in [0.05, 0.1) is 19.6 Å². The maximum atomic E-state index is 12.4. The van der Waals surface area contributed by atoms with Gasteiger partial charge in [-0.2, -0.15) is 0 Å². The summed E-state index contributed by atoms with van der Waals surface area (Å²) < 4.78 is 5.41. The molecule has 24 heavy (non-hydrogen) atoms. The van der Waals surface area contributed by atoms with Crippen LogP contribution in [0.3, 0.4) is 0 Å². The van der Waals surface area contributed by atoms with Crippen LogP contribution in [0.25, 0.3) is 0 Å². The Labute approximate surface area is 141 Å². The number of carboxylic acids is 1. The van der Waals surface area contributed by atoms with E-state index < -0.39 is 12.1 Å². The lowest BCUT2D eigenvalue weighted by Crippen LogP contribution is -2.51. The van der Waals surface area contributed by atoms with Crippen LogP contribution in [0, 0.1) is 5.92 Å². The molecule has 0 radical (unpaired) electrons. The third kappa shape index (κ3) is 6.09. The fraction of sp³-hybridized carbons (Fsp3) is 0.812. The van der Waals surface area contributed by atoms with E-state index in [0.29, 0.717) is 25.5 Å². The largest absolute Gasteiger partial charge is 0.481 e. The summed E-state index contributed by atoms with van der Waals surface area (Å²) in [4.78, 5) is 36.5. The molecule has 1 atom stereocenters. The molecule has 2 rings (SSSR count). The van der Waals surface area contributed by atoms with Crippen molar-refractivity contribution in [3.05, 3.63) is 0 Å². The van der Waals surface area contributed by atoms with Gasteiger partial charge in [0, 0.05) is 19.5 Å². The molecule has 0 bridgehead atoms. The normalized spacial score (nSPS) is 22.2. The highest BCUT2D eigenvalue weighted by Crippen LogP contribution is 2.19. The molecule has 0 aromatic rings. The minimum atomic E-state index is -0.963. The first-order valence-electron chi connectivity index (χ1n) is 8.66. The second-order valence-corrected chi connectivity index (χ2v) is 6.37. The smallest absolute Gasteiger partial charge is 0.305 e. The van der Waals surface area contributed by atoms with Crippen molar-refractivity contribution in [2.24, 2.45) is 5.92 Å². The number of nitrogens with one attached hydrogen (secondary N) is 2. The average Bonchev–Trinajstić information content (AvgIpc) is 2.60. The maximum absolute atomic E-state index is 12.4. The molecule has 2 heterocycles. The van der Waals surface area contributed by atoms with Crippen LogP contribution in [0.2, 0.25) is 0 Å². The quantitative estimate of drug-likeness (QED) is 0.581. The Morgan fingerprint density at radius 2 is 1.96 bits per heavy atom. The molecule has 8 heteroatoms. The van der Waals surface area contributed by atoms with E-state index in [2.05, 4.69) is 10.6 Å². The molecular formula is C16H27N3O5. The number of ether oxygens (including phenoxy) is 1. The summed E-state index contributed by atoms with van der Waals surface area (Å²) in [6.45, 7) is 3.19. The van der Waals surface area contributed by atoms with Crippen LogP contribution >= 0.6 is 0 Å². The summed E-state index contributed by atoms with van der Waals surface area (Å²) in [5.41, 5.74) is 0. The number of rotatable bonds is 7. The predicted octanol–water partition coefficient (Wildman–Crippen LogP) is -0.415. The van der Waals surface area contributed by atoms with Crippen LogP contribution in [0.4, 0.5) is 0 Å². The van der Waals surface area contributed by atoms with E-state index in [4.69, 9.17) is 9.84 Å². The maximum Gasteiger partial charge on any atom is 0.305 e. The summed E-state index contributed by atoms with van der Waals surface area (Å²) >= 11 is 0. The number of carbonyl (C=O) groups is 3. The van der Waals surface area contributed by atoms with Crippen LogP contribution < -0.4 is 10.6 Å². The molecule has 0 spiro atoms. The van der Waals surface area contributed by atoms with Crippen LogP contribution in [0.5, 0.6) is 0 Å². The van der Waals surface area contributed by atoms with E-state index in [1.807, 2.05) is 0 Å². The molecule has 0 aromatic heterocycles. The van der Waals surface area contributed by atoms with Crippen molar-refractivity contribution in [1.82, 2.24) is 15.5 Å². The number of carboxylic acid groups (broad SMARTS) is 1. The Kier molecular flexibility index (Phi) is 7.45. The number of hydrogen-bond donors (Lipinski definition) is 3. The fourth-order valence-electron chi connectivity index (χ4n) is 3.10. The molecule has 1 unspecified atom stereocenters. The number of piperidine rings is 1. The standard InChI is InChI=1S/C16H27N3O5/c20-14(2-1-12-3-6-17-7-4-12)19-9-10-24-13(11-19)16(23)18-8-5-15(21)22/h12-13,17H,1-11H2,(H,18,23)(H,21,22). The van der Waals surface area contributed by atoms with Gasteiger partial charge in [-0.25, -0.2) is 0 Å². The van der Waals surface area contributed by atoms with Crippen LogP contribution in [0.1, 0.15) is 32.1 Å². The first-order chi connectivity index (χ1) is 11.6. The van der Waals surface area contributed by atoms with Gasteiger partial charge >= 0.3 is 5.97 Å². The molecule has 2 amide bonds. The Morgan fingerprint density at radius 1 is 1.21 bits per heavy atom. The van der Waals surface area contributed by atoms with Crippen molar-refractivity contribution < 1.29 is 24.2 Å². The molecule has 8 nitrogen and oxygen atoms in total. The molecule has 0 aliphatic carbocycles. The zero-order valence-electron chi connectivity index (χ0n) is 14.0. The highest BCUT2D eigenvalue weighted by Gasteiger charge is 2.29. The van der Waals surface area contributed by atoms with E-state index >= 15 is 0 Å². The lowest BCUT2D eigenvalue weighted by molar-refractivity contribution is -0.147. The summed E-state index contributed by atoms with van der Waals surface area (Å²) in [5.74, 6) is -0.645. The lowest BCUT2D eigenvalue weighted by Gasteiger charge is -2.32. The van der Waals surface area contributed by atoms with Crippen molar-refractivity contribution in [2.45, 2.75) is 38.2 Å². The Balaban J connectivity index is 1.71. The zero-order valence-corrected chi connectivity index (χ0v) is 14.0. The number of carbonyl (C=O) groups excluding carboxylic acids is 2. The van der Waals surface area contributed by atoms with Gasteiger partial charge in [-0.1, -0.05) is 0 Å². The van der Waals surface area contributed by atoms with Crippen LogP contribution in [-0.2, 0) is 19.1 Å². The molecule has 2 fully saturated rings. The Morgan fingerprint density at radius 3 is 2.67 bits per heavy atom. The molecule has 0 saturated carbocycles. The van der Waals surface area contributed by atoms with Crippen molar-refractivity contribution >= 4 is 17.8 Å². The molecule has 136 valence electrons. The molecule has 0 aromatic carbocycles. The molecule has 3 N–H and O–H groups in total. The van der Waals surface area contributed by atoms with E-state index in [9.17, 15) is 14.4 Å². The minimum Gasteiger partial charge on any atom is -0.481 e. The summed E-state index contributed by atoms with van der Waals surface area (Å²) in [5, 5.41) is 14.4. The van der Waals surface area contributed by atoms with Gasteiger partial charge in [-0.05, 0) is 38.3 Å². The number of aliphatic carboxylic acids is 1. The predicted molar refractivity (Wildman–Crippen MR) is 86.4 cm³/mol. The SMILES string of the molecule is O=C(O)CCNC(=O)C1CN(C(=O)CCC2CCNCC2)CCO1. The first-order valence-corrected chi connectivity index (χ1v) is 8.66. The Hall–Kier alpha value is -1.67. The van der Waals surface area contributed by atoms with Gasteiger partial charge in [0.1, 0.15) is 0 Å². The van der Waals surface area contributed by atoms with Gasteiger partial charge in [0.25, 0.3) is 5.91 Å². The number of amides is 2. The molecule has 2 aliphatic rings. The third-order valence-corrected chi connectivity index (χ3v) is 4.57. The fourth-order valence-corrected chi connectivity index (χ4v) is 3.10. The molecular weight excluding hydrogens is 314 g/mol. The summed E-state index contributed by atoms with van der Waals surface area (Å²) in [6, 6.07) is 0. The third-order valence-electron chi connectivity index (χ3n) is 4.57. The molecule has 2 aliphatic heterocycles. The van der Waals surface area contributed by atoms with Gasteiger partial charge in [-0.3, -0.25) is 14.4 Å². The highest BCUT2D eigenvalue weighted by molar-refractivity contribution is 5.83. The van der Waals surface area contributed by atoms with Gasteiger partial charge in [-0.15, -0.1) is 0 Å². The zero-order chi connectivity index (χ0) is 17.4. The van der Waals surface area contributed by atoms with Crippen LogP contribution in [0.15, 0.2) is 0 Å². The second-order valence-electron chi connectivity index (χ2n) is 6.37. The van der Waals surface area contributed by atoms with Gasteiger partial charge in [0.2, 0.25) is 5.91 Å². The van der Waals surface area contributed by atoms with Gasteiger partial charge < -0.3 is 25.4 Å². The lowest BCUT2D eigenvalue weighted by atomic mass is 9.93. The van der Waals surface area contributed by atoms with Crippen molar-refractivity contribution in [3.8, 4) is 0 Å². The van der Waals surface area contributed by atoms with E-state index in [1.165, 1.54) is 0 Å². The summed E-state index contributed by atoms with van der Waals surface area (Å²) in [6.07, 6.45) is 2.80. The van der Waals surface area contributed by atoms with Crippen molar-refractivity contribution in [3.63, 3.8) is 0 Å². The molecule has 2 saturated heterocycles. The number of hydrogen-bond acceptors (Lipinski definition) is 5. The topological polar surface area (TPSA) is 108 Å². The number of morpholine rings is 1. The first kappa shape index (κ1) is 18.7.